The zero-order valence-electron chi connectivity index (χ0n) is 13.9. The fourth-order valence-electron chi connectivity index (χ4n) is 3.15. The van der Waals surface area contributed by atoms with Crippen LogP contribution in [0.2, 0.25) is 0 Å². The second kappa shape index (κ2) is 6.37. The van der Waals surface area contributed by atoms with Gasteiger partial charge in [0.15, 0.2) is 0 Å². The maximum atomic E-state index is 11.2. The van der Waals surface area contributed by atoms with Crippen LogP contribution in [0.4, 0.5) is 23.3 Å². The van der Waals surface area contributed by atoms with Crippen LogP contribution < -0.4 is 9.80 Å². The van der Waals surface area contributed by atoms with Gasteiger partial charge in [-0.2, -0.15) is 0 Å². The molecule has 0 bridgehead atoms. The fraction of sp³-hybridized carbons (Fsp3) is 0.538. The smallest absolute Gasteiger partial charge is 0.358 e. The minimum Gasteiger partial charge on any atom is -0.358 e. The molecule has 12 heteroatoms. The molecule has 12 nitrogen and oxygen atoms in total. The third kappa shape index (κ3) is 2.97. The zero-order chi connectivity index (χ0) is 18.1. The molecule has 2 aromatic rings. The van der Waals surface area contributed by atoms with E-state index in [1.54, 1.807) is 23.2 Å². The molecule has 0 aromatic carbocycles. The number of imidazole rings is 2. The third-order valence-corrected chi connectivity index (χ3v) is 4.22. The first-order valence-electron chi connectivity index (χ1n) is 7.71. The molecule has 1 saturated heterocycles. The molecule has 134 valence electrons. The lowest BCUT2D eigenvalue weighted by Crippen LogP contribution is -2.33. The van der Waals surface area contributed by atoms with E-state index in [-0.39, 0.29) is 11.6 Å². The second-order valence-corrected chi connectivity index (χ2v) is 5.85. The molecule has 0 spiro atoms. The molecule has 0 amide bonds. The van der Waals surface area contributed by atoms with Crippen molar-refractivity contribution in [1.29, 1.82) is 0 Å². The molecular weight excluding hydrogens is 332 g/mol. The first-order chi connectivity index (χ1) is 11.9. The summed E-state index contributed by atoms with van der Waals surface area (Å²) in [5.74, 6) is 0.544. The van der Waals surface area contributed by atoms with Crippen LogP contribution >= 0.6 is 0 Å². The van der Waals surface area contributed by atoms with Crippen molar-refractivity contribution in [2.24, 2.45) is 14.1 Å². The Kier molecular flexibility index (Phi) is 4.25. The highest BCUT2D eigenvalue weighted by Gasteiger charge is 2.30. The molecule has 0 N–H and O–H groups in total. The van der Waals surface area contributed by atoms with Crippen LogP contribution in [0.1, 0.15) is 6.42 Å². The molecule has 0 saturated carbocycles. The van der Waals surface area contributed by atoms with E-state index in [0.29, 0.717) is 44.2 Å². The highest BCUT2D eigenvalue weighted by molar-refractivity contribution is 5.57. The molecule has 1 aliphatic heterocycles. The predicted molar refractivity (Wildman–Crippen MR) is 88.8 cm³/mol. The van der Waals surface area contributed by atoms with E-state index in [1.807, 2.05) is 9.80 Å². The Balaban J connectivity index is 1.85. The Hall–Kier alpha value is -3.18. The predicted octanol–water partition coefficient (Wildman–Crippen LogP) is 0.687. The normalized spacial score (nSPS) is 15.3. The summed E-state index contributed by atoms with van der Waals surface area (Å²) in [6.45, 7) is 2.18. The Bertz CT molecular complexity index is 747. The molecule has 0 unspecified atom stereocenters. The van der Waals surface area contributed by atoms with Gasteiger partial charge in [0.05, 0.1) is 0 Å². The molecule has 2 aromatic heterocycles. The number of hydrogen-bond acceptors (Lipinski definition) is 8. The lowest BCUT2D eigenvalue weighted by Gasteiger charge is -2.23. The van der Waals surface area contributed by atoms with Crippen molar-refractivity contribution in [3.63, 3.8) is 0 Å². The van der Waals surface area contributed by atoms with Gasteiger partial charge in [-0.1, -0.05) is 0 Å². The van der Waals surface area contributed by atoms with Crippen LogP contribution in [-0.2, 0) is 14.1 Å². The van der Waals surface area contributed by atoms with E-state index in [0.717, 1.165) is 0 Å². The fourth-order valence-corrected chi connectivity index (χ4v) is 3.15. The Morgan fingerprint density at radius 1 is 0.840 bits per heavy atom. The van der Waals surface area contributed by atoms with Crippen molar-refractivity contribution < 1.29 is 9.85 Å². The Labute approximate surface area is 142 Å². The molecule has 1 aliphatic rings. The van der Waals surface area contributed by atoms with Gasteiger partial charge in [0, 0.05) is 40.3 Å². The summed E-state index contributed by atoms with van der Waals surface area (Å²) in [6.07, 6.45) is 3.54. The van der Waals surface area contributed by atoms with Crippen LogP contribution in [-0.4, -0.2) is 55.1 Å². The number of aromatic nitrogens is 4. The molecule has 0 aliphatic carbocycles. The SMILES string of the molecule is Cn1cnc([N+](=O)[O-])c1N1CCCN(c2c([N+](=O)[O-])ncn2C)CC1. The highest BCUT2D eigenvalue weighted by atomic mass is 16.6. The van der Waals surface area contributed by atoms with E-state index >= 15 is 0 Å². The average molecular weight is 350 g/mol. The Morgan fingerprint density at radius 3 is 1.60 bits per heavy atom. The monoisotopic (exact) mass is 350 g/mol. The molecule has 1 fully saturated rings. The summed E-state index contributed by atoms with van der Waals surface area (Å²) in [6, 6.07) is 0. The molecule has 25 heavy (non-hydrogen) atoms. The molecular formula is C13H18N8O4. The van der Waals surface area contributed by atoms with Crippen LogP contribution in [0.5, 0.6) is 0 Å². The first-order valence-corrected chi connectivity index (χ1v) is 7.71. The van der Waals surface area contributed by atoms with E-state index in [4.69, 9.17) is 0 Å². The van der Waals surface area contributed by atoms with Gasteiger partial charge in [-0.3, -0.25) is 9.13 Å². The van der Waals surface area contributed by atoms with E-state index in [2.05, 4.69) is 9.97 Å². The molecule has 0 atom stereocenters. The number of rotatable bonds is 4. The van der Waals surface area contributed by atoms with Gasteiger partial charge in [0.25, 0.3) is 0 Å². The van der Waals surface area contributed by atoms with Crippen molar-refractivity contribution in [3.05, 3.63) is 32.9 Å². The zero-order valence-corrected chi connectivity index (χ0v) is 13.9. The largest absolute Gasteiger partial charge is 0.406 e. The standard InChI is InChI=1S/C13H18N8O4/c1-16-8-14-10(20(22)23)12(16)18-4-3-5-19(7-6-18)13-11(21(24)25)15-9-17(13)2/h8-9H,3-7H2,1-2H3. The quantitative estimate of drug-likeness (QED) is 0.582. The number of anilines is 2. The number of nitro groups is 2. The summed E-state index contributed by atoms with van der Waals surface area (Å²) < 4.78 is 3.25. The van der Waals surface area contributed by atoms with E-state index < -0.39 is 9.85 Å². The minimum absolute atomic E-state index is 0.178. The van der Waals surface area contributed by atoms with Crippen molar-refractivity contribution in [1.82, 2.24) is 19.1 Å². The van der Waals surface area contributed by atoms with Gasteiger partial charge in [0.2, 0.25) is 24.3 Å². The molecule has 3 heterocycles. The van der Waals surface area contributed by atoms with Gasteiger partial charge in [-0.25, -0.2) is 0 Å². The number of nitrogens with zero attached hydrogens (tertiary/aromatic N) is 8. The van der Waals surface area contributed by atoms with Gasteiger partial charge in [-0.15, -0.1) is 0 Å². The van der Waals surface area contributed by atoms with Crippen LogP contribution in [0.15, 0.2) is 12.7 Å². The molecule has 0 radical (unpaired) electrons. The lowest BCUT2D eigenvalue weighted by molar-refractivity contribution is -0.388. The van der Waals surface area contributed by atoms with Crippen LogP contribution in [0, 0.1) is 20.2 Å². The van der Waals surface area contributed by atoms with Crippen LogP contribution in [0.25, 0.3) is 0 Å². The summed E-state index contributed by atoms with van der Waals surface area (Å²) in [5.41, 5.74) is 0. The minimum atomic E-state index is -0.496. The lowest BCUT2D eigenvalue weighted by atomic mass is 10.3. The highest BCUT2D eigenvalue weighted by Crippen LogP contribution is 2.30. The van der Waals surface area contributed by atoms with Gasteiger partial charge < -0.3 is 30.0 Å². The van der Waals surface area contributed by atoms with Crippen molar-refractivity contribution in [2.45, 2.75) is 6.42 Å². The van der Waals surface area contributed by atoms with Crippen molar-refractivity contribution >= 4 is 23.3 Å². The Morgan fingerprint density at radius 2 is 1.24 bits per heavy atom. The van der Waals surface area contributed by atoms with Gasteiger partial charge >= 0.3 is 11.6 Å². The van der Waals surface area contributed by atoms with E-state index in [9.17, 15) is 20.2 Å². The summed E-state index contributed by atoms with van der Waals surface area (Å²) in [7, 11) is 3.42. The van der Waals surface area contributed by atoms with Gasteiger partial charge in [0.1, 0.15) is 0 Å². The maximum absolute atomic E-state index is 11.2. The van der Waals surface area contributed by atoms with Crippen molar-refractivity contribution in [2.75, 3.05) is 36.0 Å². The average Bonchev–Trinajstić information content (AvgIpc) is 3.03. The van der Waals surface area contributed by atoms with Gasteiger partial charge in [-0.05, 0) is 26.2 Å². The maximum Gasteiger partial charge on any atom is 0.406 e. The number of aryl methyl sites for hydroxylation is 2. The summed E-state index contributed by atoms with van der Waals surface area (Å²) in [5, 5.41) is 22.4. The third-order valence-electron chi connectivity index (χ3n) is 4.22. The molecule has 3 rings (SSSR count). The second-order valence-electron chi connectivity index (χ2n) is 5.85. The van der Waals surface area contributed by atoms with E-state index in [1.165, 1.54) is 12.7 Å². The summed E-state index contributed by atoms with van der Waals surface area (Å²) >= 11 is 0. The van der Waals surface area contributed by atoms with Crippen LogP contribution in [0.3, 0.4) is 0 Å². The first kappa shape index (κ1) is 16.7. The topological polar surface area (TPSA) is 128 Å². The van der Waals surface area contributed by atoms with Crippen molar-refractivity contribution in [3.8, 4) is 0 Å². The summed E-state index contributed by atoms with van der Waals surface area (Å²) in [4.78, 5) is 32.9. The number of hydrogen-bond donors (Lipinski definition) is 0.